The van der Waals surface area contributed by atoms with E-state index in [9.17, 15) is 0 Å². The summed E-state index contributed by atoms with van der Waals surface area (Å²) < 4.78 is 0. The molecule has 1 atom stereocenters. The molecule has 1 aliphatic carbocycles. The Morgan fingerprint density at radius 3 is 2.92 bits per heavy atom. The Labute approximate surface area is 79.4 Å². The van der Waals surface area contributed by atoms with E-state index in [1.165, 1.54) is 12.8 Å². The minimum atomic E-state index is 0.254. The molecule has 0 aliphatic heterocycles. The molecule has 12 heavy (non-hydrogen) atoms. The van der Waals surface area contributed by atoms with Gasteiger partial charge in [0.05, 0.1) is 0 Å². The maximum Gasteiger partial charge on any atom is 0.166 e. The van der Waals surface area contributed by atoms with Crippen LogP contribution in [-0.4, -0.2) is 17.7 Å². The second kappa shape index (κ2) is 4.45. The van der Waals surface area contributed by atoms with Crippen LogP contribution in [0, 0.1) is 5.92 Å². The summed E-state index contributed by atoms with van der Waals surface area (Å²) in [7, 11) is 0. The molecule has 0 amide bonds. The molecule has 3 heteroatoms. The normalized spacial score (nSPS) is 18.1. The molecule has 2 N–H and O–H groups in total. The molecule has 0 heterocycles. The van der Waals surface area contributed by atoms with Gasteiger partial charge < -0.3 is 10.6 Å². The predicted octanol–water partition coefficient (Wildman–Crippen LogP) is 1.43. The second-order valence-corrected chi connectivity index (χ2v) is 3.73. The molecule has 1 saturated carbocycles. The van der Waals surface area contributed by atoms with Crippen LogP contribution in [0.1, 0.15) is 19.8 Å². The van der Waals surface area contributed by atoms with E-state index in [2.05, 4.69) is 17.2 Å². The van der Waals surface area contributed by atoms with E-state index in [4.69, 9.17) is 12.2 Å². The quantitative estimate of drug-likeness (QED) is 0.510. The first-order valence-corrected chi connectivity index (χ1v) is 4.80. The Kier molecular flexibility index (Phi) is 3.53. The molecular weight excluding hydrogens is 168 g/mol. The van der Waals surface area contributed by atoms with Crippen LogP contribution >= 0.6 is 12.2 Å². The van der Waals surface area contributed by atoms with Crippen LogP contribution in [0.5, 0.6) is 0 Å². The van der Waals surface area contributed by atoms with Gasteiger partial charge in [-0.25, -0.2) is 0 Å². The average Bonchev–Trinajstić information content (AvgIpc) is 2.83. The number of thiocarbonyl (C=S) groups is 1. The fourth-order valence-electron chi connectivity index (χ4n) is 0.876. The Morgan fingerprint density at radius 2 is 2.42 bits per heavy atom. The van der Waals surface area contributed by atoms with Gasteiger partial charge in [0.15, 0.2) is 5.11 Å². The Morgan fingerprint density at radius 1 is 1.75 bits per heavy atom. The topological polar surface area (TPSA) is 24.1 Å². The van der Waals surface area contributed by atoms with Gasteiger partial charge in [0.2, 0.25) is 0 Å². The van der Waals surface area contributed by atoms with Crippen LogP contribution in [-0.2, 0) is 0 Å². The van der Waals surface area contributed by atoms with Crippen molar-refractivity contribution in [3.05, 3.63) is 12.7 Å². The van der Waals surface area contributed by atoms with E-state index < -0.39 is 0 Å². The van der Waals surface area contributed by atoms with Crippen LogP contribution in [0.4, 0.5) is 0 Å². The first kappa shape index (κ1) is 9.52. The van der Waals surface area contributed by atoms with Crippen molar-refractivity contribution < 1.29 is 0 Å². The minimum Gasteiger partial charge on any atom is -0.362 e. The zero-order valence-corrected chi connectivity index (χ0v) is 8.29. The maximum absolute atomic E-state index is 5.07. The van der Waals surface area contributed by atoms with E-state index >= 15 is 0 Å². The van der Waals surface area contributed by atoms with E-state index in [1.807, 2.05) is 13.0 Å². The molecule has 0 saturated heterocycles. The monoisotopic (exact) mass is 184 g/mol. The smallest absolute Gasteiger partial charge is 0.166 e. The van der Waals surface area contributed by atoms with Crippen LogP contribution < -0.4 is 10.6 Å². The highest BCUT2D eigenvalue weighted by atomic mass is 32.1. The number of rotatable bonds is 4. The number of nitrogens with one attached hydrogen (secondary N) is 2. The molecule has 2 nitrogen and oxygen atoms in total. The van der Waals surface area contributed by atoms with Crippen LogP contribution in [0.3, 0.4) is 0 Å². The third kappa shape index (κ3) is 3.72. The maximum atomic E-state index is 5.07. The van der Waals surface area contributed by atoms with Gasteiger partial charge in [-0.2, -0.15) is 0 Å². The van der Waals surface area contributed by atoms with Gasteiger partial charge in [0, 0.05) is 12.6 Å². The van der Waals surface area contributed by atoms with Crippen molar-refractivity contribution in [2.24, 2.45) is 5.92 Å². The van der Waals surface area contributed by atoms with Crippen molar-refractivity contribution in [1.29, 1.82) is 0 Å². The molecule has 68 valence electrons. The van der Waals surface area contributed by atoms with E-state index in [-0.39, 0.29) is 6.04 Å². The molecule has 1 fully saturated rings. The van der Waals surface area contributed by atoms with Gasteiger partial charge in [-0.3, -0.25) is 0 Å². The van der Waals surface area contributed by atoms with Gasteiger partial charge in [-0.1, -0.05) is 6.08 Å². The minimum absolute atomic E-state index is 0.254. The van der Waals surface area contributed by atoms with Gasteiger partial charge in [0.25, 0.3) is 0 Å². The number of hydrogen-bond acceptors (Lipinski definition) is 1. The fraction of sp³-hybridized carbons (Fsp3) is 0.667. The molecule has 0 aromatic rings. The summed E-state index contributed by atoms with van der Waals surface area (Å²) in [5.74, 6) is 0.865. The molecule has 0 bridgehead atoms. The molecule has 1 unspecified atom stereocenters. The van der Waals surface area contributed by atoms with E-state index in [1.54, 1.807) is 0 Å². The van der Waals surface area contributed by atoms with Crippen LogP contribution in [0.25, 0.3) is 0 Å². The standard InChI is InChI=1S/C9H16N2S/c1-3-7(2)11-9(12)10-6-8-4-5-8/h3,7-8H,1,4-6H2,2H3,(H2,10,11,12). The average molecular weight is 184 g/mol. The summed E-state index contributed by atoms with van der Waals surface area (Å²) in [6.07, 6.45) is 4.55. The van der Waals surface area contributed by atoms with Crippen LogP contribution in [0.15, 0.2) is 12.7 Å². The number of hydrogen-bond donors (Lipinski definition) is 2. The first-order valence-electron chi connectivity index (χ1n) is 4.39. The summed E-state index contributed by atoms with van der Waals surface area (Å²) in [6.45, 7) is 6.72. The van der Waals surface area contributed by atoms with Gasteiger partial charge in [0.1, 0.15) is 0 Å². The van der Waals surface area contributed by atoms with Crippen molar-refractivity contribution in [2.75, 3.05) is 6.54 Å². The summed E-state index contributed by atoms with van der Waals surface area (Å²) >= 11 is 5.07. The van der Waals surface area contributed by atoms with Crippen molar-refractivity contribution in [3.8, 4) is 0 Å². The van der Waals surface area contributed by atoms with Gasteiger partial charge in [-0.05, 0) is 37.9 Å². The lowest BCUT2D eigenvalue weighted by Crippen LogP contribution is -2.40. The summed E-state index contributed by atoms with van der Waals surface area (Å²) in [5, 5.41) is 7.04. The lowest BCUT2D eigenvalue weighted by molar-refractivity contribution is 0.729. The highest BCUT2D eigenvalue weighted by molar-refractivity contribution is 7.80. The van der Waals surface area contributed by atoms with Crippen molar-refractivity contribution in [1.82, 2.24) is 10.6 Å². The van der Waals surface area contributed by atoms with Gasteiger partial charge in [-0.15, -0.1) is 6.58 Å². The highest BCUT2D eigenvalue weighted by Crippen LogP contribution is 2.27. The lowest BCUT2D eigenvalue weighted by Gasteiger charge is -2.12. The van der Waals surface area contributed by atoms with Crippen molar-refractivity contribution in [2.45, 2.75) is 25.8 Å². The zero-order chi connectivity index (χ0) is 8.97. The lowest BCUT2D eigenvalue weighted by atomic mass is 10.3. The third-order valence-corrected chi connectivity index (χ3v) is 2.22. The second-order valence-electron chi connectivity index (χ2n) is 3.32. The predicted molar refractivity (Wildman–Crippen MR) is 56.1 cm³/mol. The SMILES string of the molecule is C=CC(C)NC(=S)NCC1CC1. The van der Waals surface area contributed by atoms with Crippen molar-refractivity contribution in [3.63, 3.8) is 0 Å². The molecule has 0 spiro atoms. The summed E-state index contributed by atoms with van der Waals surface area (Å²) in [5.41, 5.74) is 0. The fourth-order valence-corrected chi connectivity index (χ4v) is 1.14. The van der Waals surface area contributed by atoms with E-state index in [0.717, 1.165) is 17.6 Å². The first-order chi connectivity index (χ1) is 5.72. The Bertz CT molecular complexity index is 175. The third-order valence-electron chi connectivity index (χ3n) is 1.96. The Hall–Kier alpha value is -0.570. The van der Waals surface area contributed by atoms with Crippen LogP contribution in [0.2, 0.25) is 0 Å². The van der Waals surface area contributed by atoms with Gasteiger partial charge >= 0.3 is 0 Å². The molecule has 1 rings (SSSR count). The van der Waals surface area contributed by atoms with Crippen molar-refractivity contribution >= 4 is 17.3 Å². The molecule has 0 aromatic carbocycles. The zero-order valence-electron chi connectivity index (χ0n) is 7.47. The molecule has 1 aliphatic rings. The summed E-state index contributed by atoms with van der Waals surface area (Å²) in [4.78, 5) is 0. The Balaban J connectivity index is 2.05. The molecular formula is C9H16N2S. The molecule has 0 aromatic heterocycles. The highest BCUT2D eigenvalue weighted by Gasteiger charge is 2.20. The largest absolute Gasteiger partial charge is 0.362 e. The van der Waals surface area contributed by atoms with E-state index in [0.29, 0.717) is 0 Å². The summed E-state index contributed by atoms with van der Waals surface area (Å²) in [6, 6.07) is 0.254. The molecule has 0 radical (unpaired) electrons.